The van der Waals surface area contributed by atoms with Gasteiger partial charge in [-0.25, -0.2) is 13.1 Å². The molecule has 0 rings (SSSR count). The highest BCUT2D eigenvalue weighted by atomic mass is 32.2. The van der Waals surface area contributed by atoms with E-state index in [9.17, 15) is 17.2 Å². The number of alkyl halides is 2. The second-order valence-corrected chi connectivity index (χ2v) is 5.03. The van der Waals surface area contributed by atoms with Crippen molar-refractivity contribution in [2.24, 2.45) is 11.7 Å². The van der Waals surface area contributed by atoms with Gasteiger partial charge in [0.2, 0.25) is 0 Å². The SMILES string of the molecule is CC(C)C(CCN)NS(=O)(=O)C(F)F. The molecule has 7 heteroatoms. The first-order valence-electron chi connectivity index (χ1n) is 4.30. The summed E-state index contributed by atoms with van der Waals surface area (Å²) in [4.78, 5) is 0. The molecule has 0 aromatic rings. The van der Waals surface area contributed by atoms with Crippen LogP contribution in [0.1, 0.15) is 20.3 Å². The van der Waals surface area contributed by atoms with Gasteiger partial charge >= 0.3 is 5.76 Å². The lowest BCUT2D eigenvalue weighted by Gasteiger charge is -2.21. The molecule has 0 saturated carbocycles. The van der Waals surface area contributed by atoms with Gasteiger partial charge < -0.3 is 5.73 Å². The number of hydrogen-bond donors (Lipinski definition) is 2. The quantitative estimate of drug-likeness (QED) is 0.698. The van der Waals surface area contributed by atoms with E-state index >= 15 is 0 Å². The van der Waals surface area contributed by atoms with E-state index in [4.69, 9.17) is 5.73 Å². The van der Waals surface area contributed by atoms with Gasteiger partial charge in [0.1, 0.15) is 0 Å². The Morgan fingerprint density at radius 2 is 1.86 bits per heavy atom. The van der Waals surface area contributed by atoms with Gasteiger partial charge in [-0.15, -0.1) is 0 Å². The summed E-state index contributed by atoms with van der Waals surface area (Å²) in [6.07, 6.45) is 0.351. The average Bonchev–Trinajstić information content (AvgIpc) is 2.02. The van der Waals surface area contributed by atoms with E-state index in [1.165, 1.54) is 0 Å². The van der Waals surface area contributed by atoms with Crippen LogP contribution < -0.4 is 10.5 Å². The van der Waals surface area contributed by atoms with Crippen LogP contribution in [0.2, 0.25) is 0 Å². The van der Waals surface area contributed by atoms with Crippen LogP contribution in [-0.2, 0) is 10.0 Å². The van der Waals surface area contributed by atoms with Crippen LogP contribution >= 0.6 is 0 Å². The lowest BCUT2D eigenvalue weighted by atomic mass is 10.0. The van der Waals surface area contributed by atoms with Crippen molar-refractivity contribution in [2.45, 2.75) is 32.1 Å². The maximum absolute atomic E-state index is 12.0. The number of nitrogens with one attached hydrogen (secondary N) is 1. The van der Waals surface area contributed by atoms with E-state index < -0.39 is 21.8 Å². The molecular weight excluding hydrogens is 214 g/mol. The molecule has 0 radical (unpaired) electrons. The molecule has 0 aliphatic rings. The van der Waals surface area contributed by atoms with Crippen molar-refractivity contribution in [3.8, 4) is 0 Å². The second kappa shape index (κ2) is 5.57. The third-order valence-electron chi connectivity index (χ3n) is 1.83. The molecule has 0 aromatic heterocycles. The van der Waals surface area contributed by atoms with Crippen molar-refractivity contribution in [1.29, 1.82) is 0 Å². The maximum atomic E-state index is 12.0. The fraction of sp³-hybridized carbons (Fsp3) is 1.00. The molecule has 0 aliphatic heterocycles. The highest BCUT2D eigenvalue weighted by molar-refractivity contribution is 7.89. The lowest BCUT2D eigenvalue weighted by molar-refractivity contribution is 0.229. The first kappa shape index (κ1) is 13.7. The molecule has 3 N–H and O–H groups in total. The number of halogens is 2. The predicted molar refractivity (Wildman–Crippen MR) is 50.4 cm³/mol. The summed E-state index contributed by atoms with van der Waals surface area (Å²) < 4.78 is 47.6. The lowest BCUT2D eigenvalue weighted by Crippen LogP contribution is -2.42. The fourth-order valence-corrected chi connectivity index (χ4v) is 1.89. The van der Waals surface area contributed by atoms with Crippen LogP contribution in [0.5, 0.6) is 0 Å². The van der Waals surface area contributed by atoms with E-state index in [-0.39, 0.29) is 12.5 Å². The summed E-state index contributed by atoms with van der Waals surface area (Å²) in [5.74, 6) is -3.45. The minimum absolute atomic E-state index is 0.0629. The highest BCUT2D eigenvalue weighted by Gasteiger charge is 2.28. The normalized spacial score (nSPS) is 15.1. The van der Waals surface area contributed by atoms with Crippen molar-refractivity contribution < 1.29 is 17.2 Å². The molecule has 1 atom stereocenters. The monoisotopic (exact) mass is 230 g/mol. The molecular formula is C7H16F2N2O2S. The average molecular weight is 230 g/mol. The fourth-order valence-electron chi connectivity index (χ4n) is 0.970. The van der Waals surface area contributed by atoms with Crippen molar-refractivity contribution in [2.75, 3.05) is 6.54 Å². The van der Waals surface area contributed by atoms with Gasteiger partial charge in [0.15, 0.2) is 0 Å². The van der Waals surface area contributed by atoms with E-state index in [1.807, 2.05) is 4.72 Å². The van der Waals surface area contributed by atoms with Crippen LogP contribution in [-0.4, -0.2) is 26.8 Å². The van der Waals surface area contributed by atoms with E-state index in [0.29, 0.717) is 6.42 Å². The summed E-state index contributed by atoms with van der Waals surface area (Å²) in [5, 5.41) is 0. The molecule has 1 unspecified atom stereocenters. The van der Waals surface area contributed by atoms with E-state index in [0.717, 1.165) is 0 Å². The first-order valence-corrected chi connectivity index (χ1v) is 5.85. The van der Waals surface area contributed by atoms with E-state index in [2.05, 4.69) is 0 Å². The zero-order valence-corrected chi connectivity index (χ0v) is 9.02. The topological polar surface area (TPSA) is 72.2 Å². The summed E-state index contributed by atoms with van der Waals surface area (Å²) in [6.45, 7) is 3.75. The molecule has 14 heavy (non-hydrogen) atoms. The molecule has 0 saturated heterocycles. The molecule has 0 aromatic carbocycles. The minimum Gasteiger partial charge on any atom is -0.330 e. The van der Waals surface area contributed by atoms with Crippen molar-refractivity contribution in [3.05, 3.63) is 0 Å². The van der Waals surface area contributed by atoms with Gasteiger partial charge in [0, 0.05) is 6.04 Å². The smallest absolute Gasteiger partial charge is 0.330 e. The van der Waals surface area contributed by atoms with Gasteiger partial charge in [0.25, 0.3) is 10.0 Å². The Morgan fingerprint density at radius 3 is 2.14 bits per heavy atom. The van der Waals surface area contributed by atoms with Crippen molar-refractivity contribution in [1.82, 2.24) is 4.72 Å². The predicted octanol–water partition coefficient (Wildman–Crippen LogP) is 0.502. The Hall–Kier alpha value is -0.270. The first-order chi connectivity index (χ1) is 6.31. The van der Waals surface area contributed by atoms with Crippen LogP contribution in [0.25, 0.3) is 0 Å². The van der Waals surface area contributed by atoms with Crippen LogP contribution in [0, 0.1) is 5.92 Å². The summed E-state index contributed by atoms with van der Waals surface area (Å²) in [6, 6.07) is -0.529. The third-order valence-corrected chi connectivity index (χ3v) is 2.93. The summed E-state index contributed by atoms with van der Waals surface area (Å²) in [7, 11) is -4.50. The van der Waals surface area contributed by atoms with Crippen LogP contribution in [0.15, 0.2) is 0 Å². The van der Waals surface area contributed by atoms with Crippen molar-refractivity contribution in [3.63, 3.8) is 0 Å². The minimum atomic E-state index is -4.50. The second-order valence-electron chi connectivity index (χ2n) is 3.35. The number of nitrogens with two attached hydrogens (primary N) is 1. The number of sulfonamides is 1. The molecule has 0 aliphatic carbocycles. The highest BCUT2D eigenvalue weighted by Crippen LogP contribution is 2.10. The van der Waals surface area contributed by atoms with Crippen LogP contribution in [0.3, 0.4) is 0 Å². The third kappa shape index (κ3) is 4.30. The molecule has 0 fully saturated rings. The van der Waals surface area contributed by atoms with Gasteiger partial charge in [-0.2, -0.15) is 8.78 Å². The molecule has 0 heterocycles. The van der Waals surface area contributed by atoms with E-state index in [1.54, 1.807) is 13.8 Å². The molecule has 4 nitrogen and oxygen atoms in total. The Balaban J connectivity index is 4.45. The largest absolute Gasteiger partial charge is 0.350 e. The van der Waals surface area contributed by atoms with Gasteiger partial charge in [-0.3, -0.25) is 0 Å². The maximum Gasteiger partial charge on any atom is 0.350 e. The summed E-state index contributed by atoms with van der Waals surface area (Å²) in [5.41, 5.74) is 5.24. The molecule has 86 valence electrons. The zero-order valence-electron chi connectivity index (χ0n) is 8.20. The molecule has 0 amide bonds. The zero-order chi connectivity index (χ0) is 11.4. The molecule has 0 bridgehead atoms. The van der Waals surface area contributed by atoms with Crippen molar-refractivity contribution >= 4 is 10.0 Å². The number of rotatable bonds is 6. The van der Waals surface area contributed by atoms with Crippen LogP contribution in [0.4, 0.5) is 8.78 Å². The molecule has 0 spiro atoms. The van der Waals surface area contributed by atoms with Gasteiger partial charge in [-0.1, -0.05) is 13.8 Å². The Bertz CT molecular complexity index is 254. The Labute approximate surface area is 82.9 Å². The van der Waals surface area contributed by atoms with Gasteiger partial charge in [-0.05, 0) is 18.9 Å². The Kier molecular flexibility index (Phi) is 5.46. The standard InChI is InChI=1S/C7H16F2N2O2S/c1-5(2)6(3-4-10)11-14(12,13)7(8)9/h5-7,11H,3-4,10H2,1-2H3. The van der Waals surface area contributed by atoms with Gasteiger partial charge in [0.05, 0.1) is 0 Å². The Morgan fingerprint density at radius 1 is 1.36 bits per heavy atom. The number of hydrogen-bond acceptors (Lipinski definition) is 3. The summed E-state index contributed by atoms with van der Waals surface area (Å²) >= 11 is 0.